The van der Waals surface area contributed by atoms with Gasteiger partial charge in [0.05, 0.1) is 15.1 Å². The molecule has 0 unspecified atom stereocenters. The SMILES string of the molecule is Cc1cc(NC(=O)COc2cc(Cl)c(Cl)cc2Cl)n[nH]1. The number of halogens is 3. The number of ether oxygens (including phenoxy) is 1. The van der Waals surface area contributed by atoms with Crippen LogP contribution in [0.5, 0.6) is 5.75 Å². The first kappa shape index (κ1) is 15.0. The molecule has 1 aromatic carbocycles. The zero-order valence-electron chi connectivity index (χ0n) is 10.3. The Balaban J connectivity index is 1.95. The monoisotopic (exact) mass is 333 g/mol. The number of benzene rings is 1. The van der Waals surface area contributed by atoms with E-state index in [9.17, 15) is 4.79 Å². The van der Waals surface area contributed by atoms with Gasteiger partial charge in [-0.25, -0.2) is 0 Å². The Morgan fingerprint density at radius 1 is 1.25 bits per heavy atom. The van der Waals surface area contributed by atoms with Crippen molar-refractivity contribution in [2.45, 2.75) is 6.92 Å². The van der Waals surface area contributed by atoms with Gasteiger partial charge in [-0.15, -0.1) is 0 Å². The fraction of sp³-hybridized carbons (Fsp3) is 0.167. The van der Waals surface area contributed by atoms with Crippen LogP contribution in [0.15, 0.2) is 18.2 Å². The zero-order chi connectivity index (χ0) is 14.7. The third-order valence-corrected chi connectivity index (χ3v) is 3.32. The number of hydrogen-bond acceptors (Lipinski definition) is 3. The first-order valence-electron chi connectivity index (χ1n) is 5.55. The van der Waals surface area contributed by atoms with Gasteiger partial charge in [0.15, 0.2) is 12.4 Å². The summed E-state index contributed by atoms with van der Waals surface area (Å²) >= 11 is 17.6. The van der Waals surface area contributed by atoms with Crippen molar-refractivity contribution in [3.63, 3.8) is 0 Å². The minimum Gasteiger partial charge on any atom is -0.482 e. The highest BCUT2D eigenvalue weighted by Gasteiger charge is 2.10. The smallest absolute Gasteiger partial charge is 0.263 e. The molecule has 2 N–H and O–H groups in total. The highest BCUT2D eigenvalue weighted by molar-refractivity contribution is 6.43. The number of carbonyl (C=O) groups is 1. The molecule has 0 saturated heterocycles. The Bertz CT molecular complexity index is 643. The van der Waals surface area contributed by atoms with E-state index in [0.717, 1.165) is 5.69 Å². The quantitative estimate of drug-likeness (QED) is 0.838. The molecule has 5 nitrogen and oxygen atoms in total. The summed E-state index contributed by atoms with van der Waals surface area (Å²) < 4.78 is 5.29. The van der Waals surface area contributed by atoms with Gasteiger partial charge in [-0.2, -0.15) is 5.10 Å². The molecule has 8 heteroatoms. The van der Waals surface area contributed by atoms with Gasteiger partial charge in [-0.1, -0.05) is 34.8 Å². The molecule has 2 rings (SSSR count). The number of aryl methyl sites for hydroxylation is 1. The third kappa shape index (κ3) is 3.79. The van der Waals surface area contributed by atoms with Crippen LogP contribution in [0, 0.1) is 6.92 Å². The minimum atomic E-state index is -0.362. The van der Waals surface area contributed by atoms with Crippen LogP contribution in [0.2, 0.25) is 15.1 Å². The molecule has 0 fully saturated rings. The number of anilines is 1. The Morgan fingerprint density at radius 2 is 1.95 bits per heavy atom. The van der Waals surface area contributed by atoms with Crippen molar-refractivity contribution in [1.82, 2.24) is 10.2 Å². The molecular formula is C12H10Cl3N3O2. The van der Waals surface area contributed by atoms with Crippen LogP contribution in [-0.2, 0) is 4.79 Å². The van der Waals surface area contributed by atoms with E-state index >= 15 is 0 Å². The topological polar surface area (TPSA) is 67.0 Å². The van der Waals surface area contributed by atoms with E-state index in [0.29, 0.717) is 15.9 Å². The lowest BCUT2D eigenvalue weighted by Gasteiger charge is -2.08. The number of rotatable bonds is 4. The van der Waals surface area contributed by atoms with Gasteiger partial charge in [-0.05, 0) is 13.0 Å². The summed E-state index contributed by atoms with van der Waals surface area (Å²) in [5.41, 5.74) is 0.841. The van der Waals surface area contributed by atoms with Crippen molar-refractivity contribution in [3.8, 4) is 5.75 Å². The van der Waals surface area contributed by atoms with Crippen LogP contribution < -0.4 is 10.1 Å². The normalized spacial score (nSPS) is 10.4. The fourth-order valence-corrected chi connectivity index (χ4v) is 2.01. The van der Waals surface area contributed by atoms with Crippen LogP contribution >= 0.6 is 34.8 Å². The molecule has 0 radical (unpaired) electrons. The van der Waals surface area contributed by atoms with Crippen molar-refractivity contribution >= 4 is 46.5 Å². The first-order chi connectivity index (χ1) is 9.45. The van der Waals surface area contributed by atoms with Crippen molar-refractivity contribution in [3.05, 3.63) is 39.0 Å². The molecule has 20 heavy (non-hydrogen) atoms. The van der Waals surface area contributed by atoms with Crippen molar-refractivity contribution in [2.24, 2.45) is 0 Å². The van der Waals surface area contributed by atoms with Gasteiger partial charge >= 0.3 is 0 Å². The summed E-state index contributed by atoms with van der Waals surface area (Å²) in [7, 11) is 0. The van der Waals surface area contributed by atoms with Crippen molar-refractivity contribution in [1.29, 1.82) is 0 Å². The lowest BCUT2D eigenvalue weighted by molar-refractivity contribution is -0.118. The summed E-state index contributed by atoms with van der Waals surface area (Å²) in [5.74, 6) is 0.351. The molecule has 106 valence electrons. The predicted octanol–water partition coefficient (Wildman–Crippen LogP) is 3.70. The molecule has 0 aliphatic heterocycles. The average Bonchev–Trinajstić information content (AvgIpc) is 2.77. The van der Waals surface area contributed by atoms with Gasteiger partial charge in [0.2, 0.25) is 0 Å². The maximum atomic E-state index is 11.7. The summed E-state index contributed by atoms with van der Waals surface area (Å²) in [6, 6.07) is 4.61. The number of carbonyl (C=O) groups excluding carboxylic acids is 1. The molecular weight excluding hydrogens is 325 g/mol. The van der Waals surface area contributed by atoms with Crippen molar-refractivity contribution in [2.75, 3.05) is 11.9 Å². The second kappa shape index (κ2) is 6.35. The zero-order valence-corrected chi connectivity index (χ0v) is 12.6. The van der Waals surface area contributed by atoms with E-state index in [4.69, 9.17) is 39.5 Å². The highest BCUT2D eigenvalue weighted by Crippen LogP contribution is 2.33. The predicted molar refractivity (Wildman–Crippen MR) is 78.9 cm³/mol. The Kier molecular flexibility index (Phi) is 4.75. The molecule has 0 atom stereocenters. The summed E-state index contributed by atoms with van der Waals surface area (Å²) in [4.78, 5) is 11.7. The van der Waals surface area contributed by atoms with Crippen molar-refractivity contribution < 1.29 is 9.53 Å². The second-order valence-electron chi connectivity index (χ2n) is 3.97. The Hall–Kier alpha value is -1.43. The first-order valence-corrected chi connectivity index (χ1v) is 6.68. The Labute approximate surface area is 130 Å². The Morgan fingerprint density at radius 3 is 2.60 bits per heavy atom. The summed E-state index contributed by atoms with van der Waals surface area (Å²) in [6.45, 7) is 1.61. The largest absolute Gasteiger partial charge is 0.482 e. The van der Waals surface area contributed by atoms with Crippen LogP contribution in [0.25, 0.3) is 0 Å². The van der Waals surface area contributed by atoms with Crippen LogP contribution in [-0.4, -0.2) is 22.7 Å². The van der Waals surface area contributed by atoms with E-state index in [1.807, 2.05) is 6.92 Å². The third-order valence-electron chi connectivity index (χ3n) is 2.31. The van der Waals surface area contributed by atoms with Gasteiger partial charge < -0.3 is 10.1 Å². The average molecular weight is 335 g/mol. The molecule has 0 bridgehead atoms. The molecule has 0 aliphatic rings. The number of aromatic amines is 1. The van der Waals surface area contributed by atoms with Gasteiger partial charge in [0.1, 0.15) is 5.75 Å². The number of nitrogens with zero attached hydrogens (tertiary/aromatic N) is 1. The number of aromatic nitrogens is 2. The fourth-order valence-electron chi connectivity index (χ4n) is 1.42. The lowest BCUT2D eigenvalue weighted by atomic mass is 10.3. The van der Waals surface area contributed by atoms with Crippen LogP contribution in [0.4, 0.5) is 5.82 Å². The van der Waals surface area contributed by atoms with E-state index in [2.05, 4.69) is 15.5 Å². The molecule has 1 aromatic heterocycles. The summed E-state index contributed by atoms with van der Waals surface area (Å²) in [6.07, 6.45) is 0. The van der Waals surface area contributed by atoms with E-state index in [1.165, 1.54) is 12.1 Å². The number of hydrogen-bond donors (Lipinski definition) is 2. The van der Waals surface area contributed by atoms with Gasteiger partial charge in [-0.3, -0.25) is 9.89 Å². The molecule has 0 aliphatic carbocycles. The minimum absolute atomic E-state index is 0.219. The van der Waals surface area contributed by atoms with Crippen LogP contribution in [0.3, 0.4) is 0 Å². The van der Waals surface area contributed by atoms with E-state index in [-0.39, 0.29) is 23.3 Å². The van der Waals surface area contributed by atoms with Gasteiger partial charge in [0, 0.05) is 17.8 Å². The van der Waals surface area contributed by atoms with Gasteiger partial charge in [0.25, 0.3) is 5.91 Å². The highest BCUT2D eigenvalue weighted by atomic mass is 35.5. The number of amides is 1. The molecule has 1 heterocycles. The molecule has 0 saturated carbocycles. The maximum Gasteiger partial charge on any atom is 0.263 e. The molecule has 1 amide bonds. The van der Waals surface area contributed by atoms with E-state index in [1.54, 1.807) is 6.07 Å². The van der Waals surface area contributed by atoms with E-state index < -0.39 is 0 Å². The standard InChI is InChI=1S/C12H10Cl3N3O2/c1-6-2-11(18-17-6)16-12(19)5-20-10-4-8(14)7(13)3-9(10)15/h2-4H,5H2,1H3,(H2,16,17,18,19). The van der Waals surface area contributed by atoms with Crippen LogP contribution in [0.1, 0.15) is 5.69 Å². The summed E-state index contributed by atoms with van der Waals surface area (Å²) in [5, 5.41) is 10.1. The number of H-pyrrole nitrogens is 1. The molecule has 2 aromatic rings. The lowest BCUT2D eigenvalue weighted by Crippen LogP contribution is -2.20. The maximum absolute atomic E-state index is 11.7. The molecule has 0 spiro atoms. The second-order valence-corrected chi connectivity index (χ2v) is 5.19. The number of nitrogens with one attached hydrogen (secondary N) is 2.